The number of rotatable bonds is 5. The van der Waals surface area contributed by atoms with Gasteiger partial charge < -0.3 is 16.0 Å². The average Bonchev–Trinajstić information content (AvgIpc) is 3.14. The molecule has 3 amide bonds. The van der Waals surface area contributed by atoms with Crippen molar-refractivity contribution in [3.05, 3.63) is 0 Å². The summed E-state index contributed by atoms with van der Waals surface area (Å²) in [5.74, 6) is -2.44. The number of hydrogen-bond donors (Lipinski definition) is 2. The van der Waals surface area contributed by atoms with Crippen LogP contribution in [0.2, 0.25) is 0 Å². The molecule has 1 saturated heterocycles. The van der Waals surface area contributed by atoms with E-state index >= 15 is 0 Å². The monoisotopic (exact) mass is 413 g/mol. The van der Waals surface area contributed by atoms with Gasteiger partial charge >= 0.3 is 0 Å². The number of halogens is 2. The third-order valence-corrected chi connectivity index (χ3v) is 3.17. The van der Waals surface area contributed by atoms with E-state index in [1.165, 1.54) is 11.8 Å². The van der Waals surface area contributed by atoms with Gasteiger partial charge in [0.15, 0.2) is 0 Å². The molecule has 0 aromatic heterocycles. The number of carbonyl (C=O) groups excluding carboxylic acids is 4. The van der Waals surface area contributed by atoms with Crippen LogP contribution < -0.4 is 11.1 Å². The van der Waals surface area contributed by atoms with E-state index < -0.39 is 29.7 Å². The van der Waals surface area contributed by atoms with Gasteiger partial charge in [-0.15, -0.1) is 23.2 Å². The van der Waals surface area contributed by atoms with Gasteiger partial charge in [0.05, 0.1) is 11.4 Å². The van der Waals surface area contributed by atoms with Gasteiger partial charge in [0.1, 0.15) is 6.04 Å². The Morgan fingerprint density at radius 1 is 1.15 bits per heavy atom. The number of likely N-dealkylation sites (tertiary alicyclic amines) is 1. The first kappa shape index (κ1) is 29.4. The van der Waals surface area contributed by atoms with Crippen molar-refractivity contribution >= 4 is 46.7 Å². The van der Waals surface area contributed by atoms with Gasteiger partial charge in [0.2, 0.25) is 17.6 Å². The van der Waals surface area contributed by atoms with E-state index in [-0.39, 0.29) is 11.2 Å². The minimum absolute atomic E-state index is 0.0912. The van der Waals surface area contributed by atoms with E-state index in [0.29, 0.717) is 19.4 Å². The number of Topliss-reactive ketones (excluding diaryl/α,β-unsaturated/α-hetero) is 1. The summed E-state index contributed by atoms with van der Waals surface area (Å²) in [5, 5.41) is 2.62. The Labute approximate surface area is 166 Å². The lowest BCUT2D eigenvalue weighted by Gasteiger charge is -2.24. The minimum atomic E-state index is -1.08. The van der Waals surface area contributed by atoms with Gasteiger partial charge in [-0.3, -0.25) is 19.2 Å². The Morgan fingerprint density at radius 3 is 2.00 bits per heavy atom. The van der Waals surface area contributed by atoms with Crippen LogP contribution in [0, 0.1) is 0 Å². The first-order chi connectivity index (χ1) is 12.3. The summed E-state index contributed by atoms with van der Waals surface area (Å²) in [6, 6.07) is -1.53. The molecule has 2 unspecified atom stereocenters. The third kappa shape index (κ3) is 11.3. The molecule has 1 rings (SSSR count). The van der Waals surface area contributed by atoms with Crippen LogP contribution in [-0.2, 0) is 19.2 Å². The maximum absolute atomic E-state index is 12.0. The highest BCUT2D eigenvalue weighted by molar-refractivity contribution is 6.40. The number of carbonyl (C=O) groups is 4. The van der Waals surface area contributed by atoms with Crippen molar-refractivity contribution in [3.63, 3.8) is 0 Å². The minimum Gasteiger partial charge on any atom is -0.363 e. The number of hydrogen-bond acceptors (Lipinski definition) is 4. The molecular formula is C17H33Cl2N3O4. The second-order valence-electron chi connectivity index (χ2n) is 4.66. The van der Waals surface area contributed by atoms with E-state index in [0.717, 1.165) is 6.42 Å². The molecule has 1 fully saturated rings. The predicted molar refractivity (Wildman–Crippen MR) is 106 cm³/mol. The zero-order valence-electron chi connectivity index (χ0n) is 16.6. The van der Waals surface area contributed by atoms with Crippen LogP contribution >= 0.6 is 23.2 Å². The van der Waals surface area contributed by atoms with E-state index in [1.54, 1.807) is 6.92 Å². The molecular weight excluding hydrogens is 381 g/mol. The molecule has 26 heavy (non-hydrogen) atoms. The van der Waals surface area contributed by atoms with Gasteiger partial charge in [-0.25, -0.2) is 0 Å². The molecule has 0 bridgehead atoms. The SMILES string of the molecule is CC.CC.CCC(=O)N1CCCC1C(=O)NC(C)C(=O)C(N)=O.ClCCl. The zero-order chi connectivity index (χ0) is 21.3. The Kier molecular flexibility index (Phi) is 20.9. The Bertz CT molecular complexity index is 434. The summed E-state index contributed by atoms with van der Waals surface area (Å²) in [7, 11) is 0. The fourth-order valence-electron chi connectivity index (χ4n) is 2.13. The smallest absolute Gasteiger partial charge is 0.287 e. The van der Waals surface area contributed by atoms with Gasteiger partial charge in [-0.05, 0) is 19.8 Å². The summed E-state index contributed by atoms with van der Waals surface area (Å²) in [6.07, 6.45) is 1.65. The summed E-state index contributed by atoms with van der Waals surface area (Å²) in [4.78, 5) is 47.2. The van der Waals surface area contributed by atoms with Crippen molar-refractivity contribution < 1.29 is 19.2 Å². The topological polar surface area (TPSA) is 110 Å². The van der Waals surface area contributed by atoms with Crippen LogP contribution in [0.25, 0.3) is 0 Å². The molecule has 2 atom stereocenters. The molecule has 3 N–H and O–H groups in total. The van der Waals surface area contributed by atoms with Crippen molar-refractivity contribution in [1.29, 1.82) is 0 Å². The Hall–Kier alpha value is -1.34. The maximum atomic E-state index is 12.0. The van der Waals surface area contributed by atoms with Crippen LogP contribution in [0.3, 0.4) is 0 Å². The number of amides is 3. The van der Waals surface area contributed by atoms with Crippen LogP contribution in [0.15, 0.2) is 0 Å². The molecule has 0 saturated carbocycles. The Balaban J connectivity index is -0.000000663. The highest BCUT2D eigenvalue weighted by atomic mass is 35.5. The average molecular weight is 414 g/mol. The molecule has 0 aromatic rings. The molecule has 0 aromatic carbocycles. The first-order valence-electron chi connectivity index (χ1n) is 8.85. The van der Waals surface area contributed by atoms with Gasteiger partial charge in [0.25, 0.3) is 5.91 Å². The van der Waals surface area contributed by atoms with Gasteiger partial charge in [0, 0.05) is 13.0 Å². The van der Waals surface area contributed by atoms with Crippen molar-refractivity contribution in [2.24, 2.45) is 5.73 Å². The molecule has 154 valence electrons. The molecule has 1 aliphatic heterocycles. The number of nitrogens with one attached hydrogen (secondary N) is 1. The molecule has 9 heteroatoms. The third-order valence-electron chi connectivity index (χ3n) is 3.17. The summed E-state index contributed by atoms with van der Waals surface area (Å²) < 4.78 is 0. The maximum Gasteiger partial charge on any atom is 0.287 e. The molecule has 7 nitrogen and oxygen atoms in total. The number of primary amides is 1. The lowest BCUT2D eigenvalue weighted by atomic mass is 10.1. The van der Waals surface area contributed by atoms with Crippen molar-refractivity contribution in [1.82, 2.24) is 10.2 Å². The fourth-order valence-corrected chi connectivity index (χ4v) is 2.13. The predicted octanol–water partition coefficient (Wildman–Crippen LogP) is 2.42. The van der Waals surface area contributed by atoms with Gasteiger partial charge in [-0.2, -0.15) is 0 Å². The highest BCUT2D eigenvalue weighted by Crippen LogP contribution is 2.18. The Morgan fingerprint density at radius 2 is 1.62 bits per heavy atom. The largest absolute Gasteiger partial charge is 0.363 e. The first-order valence-corrected chi connectivity index (χ1v) is 9.92. The van der Waals surface area contributed by atoms with Crippen molar-refractivity contribution in [3.8, 4) is 0 Å². The van der Waals surface area contributed by atoms with Crippen molar-refractivity contribution in [2.45, 2.75) is 72.9 Å². The lowest BCUT2D eigenvalue weighted by molar-refractivity contribution is -0.141. The van der Waals surface area contributed by atoms with E-state index in [2.05, 4.69) is 5.32 Å². The number of nitrogens with zero attached hydrogens (tertiary/aromatic N) is 1. The quantitative estimate of drug-likeness (QED) is 0.532. The molecule has 1 aliphatic rings. The summed E-state index contributed by atoms with van der Waals surface area (Å²) >= 11 is 9.53. The number of ketones is 1. The number of alkyl halides is 2. The molecule has 0 radical (unpaired) electrons. The zero-order valence-corrected chi connectivity index (χ0v) is 18.1. The van der Waals surface area contributed by atoms with Crippen LogP contribution in [-0.4, -0.2) is 52.4 Å². The standard InChI is InChI=1S/C12H19N3O4.2C2H6.CH2Cl2/c1-3-9(16)15-6-4-5-8(15)12(19)14-7(2)10(17)11(13)18;2*1-2;2-1-3/h7-8H,3-6H2,1-2H3,(H2,13,18)(H,14,19);2*1-2H3;1H2. The normalized spacial score (nSPS) is 15.7. The van der Waals surface area contributed by atoms with Crippen LogP contribution in [0.5, 0.6) is 0 Å². The fraction of sp³-hybridized carbons (Fsp3) is 0.765. The van der Waals surface area contributed by atoms with Crippen LogP contribution in [0.1, 0.15) is 60.8 Å². The summed E-state index contributed by atoms with van der Waals surface area (Å²) in [6.45, 7) is 11.7. The molecule has 0 aliphatic carbocycles. The van der Waals surface area contributed by atoms with E-state index in [4.69, 9.17) is 28.9 Å². The second-order valence-corrected chi connectivity index (χ2v) is 5.47. The summed E-state index contributed by atoms with van der Waals surface area (Å²) in [5.41, 5.74) is 4.86. The van der Waals surface area contributed by atoms with E-state index in [1.807, 2.05) is 27.7 Å². The second kappa shape index (κ2) is 18.5. The van der Waals surface area contributed by atoms with Gasteiger partial charge in [-0.1, -0.05) is 34.6 Å². The molecule has 0 spiro atoms. The van der Waals surface area contributed by atoms with Crippen LogP contribution in [0.4, 0.5) is 0 Å². The number of nitrogens with two attached hydrogens (primary N) is 1. The van der Waals surface area contributed by atoms with Crippen molar-refractivity contribution in [2.75, 3.05) is 11.9 Å². The highest BCUT2D eigenvalue weighted by Gasteiger charge is 2.34. The van der Waals surface area contributed by atoms with E-state index in [9.17, 15) is 19.2 Å². The lowest BCUT2D eigenvalue weighted by Crippen LogP contribution is -2.51. The molecule has 1 heterocycles.